The van der Waals surface area contributed by atoms with Crippen molar-refractivity contribution in [2.45, 2.75) is 31.5 Å². The third kappa shape index (κ3) is 4.80. The fraction of sp³-hybridized carbons (Fsp3) is 0.333. The van der Waals surface area contributed by atoms with Gasteiger partial charge < -0.3 is 15.5 Å². The Morgan fingerprint density at radius 2 is 1.82 bits per heavy atom. The largest absolute Gasteiger partial charge is 0.416 e. The predicted octanol–water partition coefficient (Wildman–Crippen LogP) is 4.01. The van der Waals surface area contributed by atoms with E-state index in [0.717, 1.165) is 25.0 Å². The van der Waals surface area contributed by atoms with Gasteiger partial charge in [0.15, 0.2) is 0 Å². The maximum Gasteiger partial charge on any atom is 0.416 e. The molecule has 2 fully saturated rings. The molecule has 0 spiro atoms. The number of alkyl halides is 3. The van der Waals surface area contributed by atoms with Gasteiger partial charge in [-0.2, -0.15) is 13.2 Å². The standard InChI is InChI=1S/C24H22F3N5O2/c25-24(26,27)17-5-3-14-4-6-21(30-19(14)12-17)32-10-8-18(13-32)29-23(34)16-7-9-28-20(11-16)31-22(33)15-1-2-15/h3-7,9,11-12,15,18H,1-2,8,10,13H2,(H,29,34)(H,28,31,33). The number of nitrogens with one attached hydrogen (secondary N) is 2. The van der Waals surface area contributed by atoms with Crippen molar-refractivity contribution in [3.8, 4) is 0 Å². The Balaban J connectivity index is 1.24. The highest BCUT2D eigenvalue weighted by Crippen LogP contribution is 2.32. The number of pyridine rings is 2. The van der Waals surface area contributed by atoms with Gasteiger partial charge in [0.2, 0.25) is 5.91 Å². The molecule has 1 aliphatic carbocycles. The first kappa shape index (κ1) is 22.1. The second-order valence-corrected chi connectivity index (χ2v) is 8.67. The molecule has 1 saturated heterocycles. The summed E-state index contributed by atoms with van der Waals surface area (Å²) in [5, 5.41) is 6.34. The first-order valence-corrected chi connectivity index (χ1v) is 11.1. The van der Waals surface area contributed by atoms with Gasteiger partial charge in [-0.15, -0.1) is 0 Å². The molecular formula is C24H22F3N5O2. The van der Waals surface area contributed by atoms with E-state index in [1.807, 2.05) is 4.90 Å². The molecule has 1 aliphatic heterocycles. The van der Waals surface area contributed by atoms with Crippen molar-refractivity contribution in [1.29, 1.82) is 0 Å². The van der Waals surface area contributed by atoms with Gasteiger partial charge in [-0.1, -0.05) is 6.07 Å². The lowest BCUT2D eigenvalue weighted by Gasteiger charge is -2.19. The second-order valence-electron chi connectivity index (χ2n) is 8.67. The Morgan fingerprint density at radius 3 is 2.59 bits per heavy atom. The van der Waals surface area contributed by atoms with Gasteiger partial charge in [-0.05, 0) is 55.7 Å². The maximum absolute atomic E-state index is 13.1. The number of aromatic nitrogens is 2. The van der Waals surface area contributed by atoms with Crippen molar-refractivity contribution in [2.75, 3.05) is 23.3 Å². The van der Waals surface area contributed by atoms with Gasteiger partial charge in [-0.25, -0.2) is 9.97 Å². The number of rotatable bonds is 5. The summed E-state index contributed by atoms with van der Waals surface area (Å²) < 4.78 is 39.2. The van der Waals surface area contributed by atoms with Crippen molar-refractivity contribution in [3.05, 3.63) is 59.8 Å². The van der Waals surface area contributed by atoms with Gasteiger partial charge in [0.05, 0.1) is 11.1 Å². The third-order valence-corrected chi connectivity index (χ3v) is 6.07. The van der Waals surface area contributed by atoms with E-state index in [1.165, 1.54) is 12.3 Å². The zero-order valence-corrected chi connectivity index (χ0v) is 18.1. The van der Waals surface area contributed by atoms with Crippen LogP contribution in [0.5, 0.6) is 0 Å². The first-order valence-electron chi connectivity index (χ1n) is 11.1. The highest BCUT2D eigenvalue weighted by atomic mass is 19.4. The summed E-state index contributed by atoms with van der Waals surface area (Å²) in [7, 11) is 0. The van der Waals surface area contributed by atoms with Crippen LogP contribution in [0.15, 0.2) is 48.7 Å². The number of hydrogen-bond donors (Lipinski definition) is 2. The molecule has 2 aromatic heterocycles. The predicted molar refractivity (Wildman–Crippen MR) is 120 cm³/mol. The smallest absolute Gasteiger partial charge is 0.354 e. The van der Waals surface area contributed by atoms with Crippen LogP contribution in [0, 0.1) is 5.92 Å². The van der Waals surface area contributed by atoms with Crippen LogP contribution in [0.4, 0.5) is 24.8 Å². The molecule has 1 aromatic carbocycles. The molecule has 176 valence electrons. The summed E-state index contributed by atoms with van der Waals surface area (Å²) in [5.41, 5.74) is -0.0679. The molecule has 34 heavy (non-hydrogen) atoms. The fourth-order valence-corrected chi connectivity index (χ4v) is 4.03. The molecule has 0 bridgehead atoms. The van der Waals surface area contributed by atoms with E-state index < -0.39 is 11.7 Å². The average molecular weight is 469 g/mol. The third-order valence-electron chi connectivity index (χ3n) is 6.07. The maximum atomic E-state index is 13.1. The number of hydrogen-bond acceptors (Lipinski definition) is 5. The Morgan fingerprint density at radius 1 is 1.03 bits per heavy atom. The lowest BCUT2D eigenvalue weighted by atomic mass is 10.1. The summed E-state index contributed by atoms with van der Waals surface area (Å²) in [5.74, 6) is 0.584. The lowest BCUT2D eigenvalue weighted by Crippen LogP contribution is -2.37. The van der Waals surface area contributed by atoms with E-state index in [1.54, 1.807) is 24.3 Å². The number of carbonyl (C=O) groups excluding carboxylic acids is 2. The summed E-state index contributed by atoms with van der Waals surface area (Å²) in [4.78, 5) is 35.2. The lowest BCUT2D eigenvalue weighted by molar-refractivity contribution is -0.137. The SMILES string of the molecule is O=C(NC1CCN(c2ccc3ccc(C(F)(F)F)cc3n2)C1)c1ccnc(NC(=O)C2CC2)c1. The van der Waals surface area contributed by atoms with E-state index in [2.05, 4.69) is 20.6 Å². The van der Waals surface area contributed by atoms with E-state index in [4.69, 9.17) is 0 Å². The molecular weight excluding hydrogens is 447 g/mol. The quantitative estimate of drug-likeness (QED) is 0.590. The topological polar surface area (TPSA) is 87.2 Å². The number of carbonyl (C=O) groups is 2. The Kier molecular flexibility index (Phi) is 5.59. The van der Waals surface area contributed by atoms with Crippen molar-refractivity contribution >= 4 is 34.4 Å². The van der Waals surface area contributed by atoms with Crippen molar-refractivity contribution in [1.82, 2.24) is 15.3 Å². The van der Waals surface area contributed by atoms with E-state index in [9.17, 15) is 22.8 Å². The Bertz CT molecular complexity index is 1260. The molecule has 1 unspecified atom stereocenters. The van der Waals surface area contributed by atoms with E-state index in [0.29, 0.717) is 42.1 Å². The second kappa shape index (κ2) is 8.58. The van der Waals surface area contributed by atoms with Crippen LogP contribution in [-0.4, -0.2) is 40.9 Å². The number of anilines is 2. The number of benzene rings is 1. The molecule has 0 radical (unpaired) electrons. The van der Waals surface area contributed by atoms with E-state index in [-0.39, 0.29) is 29.3 Å². The number of halogens is 3. The molecule has 2 amide bonds. The minimum atomic E-state index is -4.43. The van der Waals surface area contributed by atoms with Gasteiger partial charge >= 0.3 is 6.18 Å². The highest BCUT2D eigenvalue weighted by molar-refractivity contribution is 5.97. The van der Waals surface area contributed by atoms with Crippen molar-refractivity contribution in [3.63, 3.8) is 0 Å². The molecule has 3 heterocycles. The summed E-state index contributed by atoms with van der Waals surface area (Å²) >= 11 is 0. The minimum absolute atomic E-state index is 0.0347. The minimum Gasteiger partial charge on any atom is -0.354 e. The van der Waals surface area contributed by atoms with Crippen LogP contribution < -0.4 is 15.5 Å². The molecule has 1 atom stereocenters. The molecule has 1 saturated carbocycles. The fourth-order valence-electron chi connectivity index (χ4n) is 4.03. The Hall–Kier alpha value is -3.69. The zero-order valence-electron chi connectivity index (χ0n) is 18.1. The van der Waals surface area contributed by atoms with E-state index >= 15 is 0 Å². The van der Waals surface area contributed by atoms with Crippen LogP contribution in [0.2, 0.25) is 0 Å². The van der Waals surface area contributed by atoms with Gasteiger partial charge in [0.25, 0.3) is 5.91 Å². The monoisotopic (exact) mass is 469 g/mol. The molecule has 2 aliphatic rings. The van der Waals surface area contributed by atoms with Crippen LogP contribution in [0.1, 0.15) is 35.2 Å². The molecule has 7 nitrogen and oxygen atoms in total. The van der Waals surface area contributed by atoms with Gasteiger partial charge in [0.1, 0.15) is 11.6 Å². The van der Waals surface area contributed by atoms with Crippen LogP contribution in [-0.2, 0) is 11.0 Å². The van der Waals surface area contributed by atoms with Crippen molar-refractivity contribution in [2.24, 2.45) is 5.92 Å². The summed E-state index contributed by atoms with van der Waals surface area (Å²) in [6.07, 6.45) is -0.529. The van der Waals surface area contributed by atoms with Gasteiger partial charge in [-0.3, -0.25) is 9.59 Å². The number of nitrogens with zero attached hydrogens (tertiary/aromatic N) is 3. The summed E-state index contributed by atoms with van der Waals surface area (Å²) in [6, 6.07) is 10.0. The Labute approximate surface area is 193 Å². The normalized spacial score (nSPS) is 18.2. The molecule has 3 aromatic rings. The number of fused-ring (bicyclic) bond motifs is 1. The van der Waals surface area contributed by atoms with Crippen LogP contribution >= 0.6 is 0 Å². The van der Waals surface area contributed by atoms with Crippen molar-refractivity contribution < 1.29 is 22.8 Å². The summed E-state index contributed by atoms with van der Waals surface area (Å²) in [6.45, 7) is 1.10. The molecule has 2 N–H and O–H groups in total. The zero-order chi connectivity index (χ0) is 23.9. The number of amides is 2. The molecule has 5 rings (SSSR count). The van der Waals surface area contributed by atoms with Gasteiger partial charge in [0, 0.05) is 42.2 Å². The van der Waals surface area contributed by atoms with Crippen LogP contribution in [0.25, 0.3) is 10.9 Å². The first-order chi connectivity index (χ1) is 16.3. The highest BCUT2D eigenvalue weighted by Gasteiger charge is 2.31. The average Bonchev–Trinajstić information content (AvgIpc) is 3.57. The molecule has 10 heteroatoms. The van der Waals surface area contributed by atoms with Crippen LogP contribution in [0.3, 0.4) is 0 Å².